The summed E-state index contributed by atoms with van der Waals surface area (Å²) in [5.74, 6) is 0.576. The van der Waals surface area contributed by atoms with Crippen LogP contribution in [0.1, 0.15) is 47.0 Å². The van der Waals surface area contributed by atoms with Crippen molar-refractivity contribution >= 4 is 5.71 Å². The van der Waals surface area contributed by atoms with E-state index in [1.807, 2.05) is 0 Å². The Morgan fingerprint density at radius 2 is 1.93 bits per heavy atom. The zero-order valence-electron chi connectivity index (χ0n) is 10.2. The molecule has 2 aliphatic rings. The molecule has 0 spiro atoms. The Labute approximate surface area is 92.1 Å². The van der Waals surface area contributed by atoms with Gasteiger partial charge in [0.25, 0.3) is 0 Å². The Kier molecular flexibility index (Phi) is 2.21. The van der Waals surface area contributed by atoms with Crippen LogP contribution >= 0.6 is 0 Å². The molecule has 0 radical (unpaired) electrons. The number of nitrogens with zero attached hydrogens (tertiary/aromatic N) is 1. The maximum atomic E-state index is 8.90. The molecule has 15 heavy (non-hydrogen) atoms. The smallest absolute Gasteiger partial charge is 0.0801 e. The lowest BCUT2D eigenvalue weighted by molar-refractivity contribution is 0.132. The number of fused-ring (bicyclic) bond motifs is 1. The van der Waals surface area contributed by atoms with E-state index in [0.717, 1.165) is 12.1 Å². The zero-order chi connectivity index (χ0) is 11.3. The minimum Gasteiger partial charge on any atom is -0.411 e. The van der Waals surface area contributed by atoms with Gasteiger partial charge in [-0.2, -0.15) is 0 Å². The summed E-state index contributed by atoms with van der Waals surface area (Å²) < 4.78 is 0. The van der Waals surface area contributed by atoms with Crippen molar-refractivity contribution in [1.82, 2.24) is 0 Å². The van der Waals surface area contributed by atoms with Gasteiger partial charge < -0.3 is 5.21 Å². The summed E-state index contributed by atoms with van der Waals surface area (Å²) >= 11 is 0. The first-order chi connectivity index (χ1) is 6.87. The van der Waals surface area contributed by atoms with Crippen molar-refractivity contribution in [3.8, 4) is 0 Å². The molecule has 0 aliphatic heterocycles. The fraction of sp³-hybridized carbons (Fsp3) is 0.769. The molecule has 0 bridgehead atoms. The van der Waals surface area contributed by atoms with Crippen LogP contribution < -0.4 is 0 Å². The van der Waals surface area contributed by atoms with E-state index in [9.17, 15) is 0 Å². The van der Waals surface area contributed by atoms with Crippen LogP contribution in [0.3, 0.4) is 0 Å². The van der Waals surface area contributed by atoms with Gasteiger partial charge in [-0.15, -0.1) is 0 Å². The van der Waals surface area contributed by atoms with Crippen molar-refractivity contribution in [3.63, 3.8) is 0 Å². The standard InChI is InChI=1S/C13H21NO/c1-12(2)5-6-13(3,4)11-8-9(14-15)7-10(11)12/h7,11,15H,5-6,8H2,1-4H3/b14-9+. The molecule has 2 nitrogen and oxygen atoms in total. The molecule has 1 atom stereocenters. The minimum atomic E-state index is 0.284. The molecule has 0 saturated heterocycles. The Bertz CT molecular complexity index is 336. The van der Waals surface area contributed by atoms with Crippen LogP contribution in [0.4, 0.5) is 0 Å². The molecule has 2 aliphatic carbocycles. The van der Waals surface area contributed by atoms with Gasteiger partial charge in [0.05, 0.1) is 5.71 Å². The predicted octanol–water partition coefficient (Wildman–Crippen LogP) is 3.61. The van der Waals surface area contributed by atoms with Gasteiger partial charge in [0.15, 0.2) is 0 Å². The van der Waals surface area contributed by atoms with Crippen molar-refractivity contribution in [1.29, 1.82) is 0 Å². The Balaban J connectivity index is 2.41. The normalized spacial score (nSPS) is 35.1. The second-order valence-corrected chi connectivity index (χ2v) is 6.32. The third-order valence-electron chi connectivity index (χ3n) is 4.36. The van der Waals surface area contributed by atoms with Gasteiger partial charge in [0.2, 0.25) is 0 Å². The highest BCUT2D eigenvalue weighted by molar-refractivity contribution is 5.98. The third-order valence-corrected chi connectivity index (χ3v) is 4.36. The molecule has 2 heteroatoms. The first-order valence-corrected chi connectivity index (χ1v) is 5.80. The van der Waals surface area contributed by atoms with Crippen LogP contribution in [0.15, 0.2) is 16.8 Å². The highest BCUT2D eigenvalue weighted by Gasteiger charge is 2.46. The van der Waals surface area contributed by atoms with Gasteiger partial charge in [-0.05, 0) is 35.7 Å². The highest BCUT2D eigenvalue weighted by atomic mass is 16.4. The summed E-state index contributed by atoms with van der Waals surface area (Å²) in [6.45, 7) is 9.28. The van der Waals surface area contributed by atoms with Gasteiger partial charge in [0, 0.05) is 6.42 Å². The van der Waals surface area contributed by atoms with Crippen molar-refractivity contribution in [2.45, 2.75) is 47.0 Å². The molecular weight excluding hydrogens is 186 g/mol. The molecule has 84 valence electrons. The van der Waals surface area contributed by atoms with Crippen LogP contribution in [0.25, 0.3) is 0 Å². The molecule has 0 aromatic carbocycles. The lowest BCUT2D eigenvalue weighted by Gasteiger charge is -2.46. The first kappa shape index (κ1) is 10.7. The zero-order valence-corrected chi connectivity index (χ0v) is 10.2. The number of allylic oxidation sites excluding steroid dienone is 2. The lowest BCUT2D eigenvalue weighted by atomic mass is 9.58. The molecular formula is C13H21NO. The fourth-order valence-corrected chi connectivity index (χ4v) is 3.05. The topological polar surface area (TPSA) is 32.6 Å². The molecule has 0 aromatic rings. The summed E-state index contributed by atoms with van der Waals surface area (Å²) in [6, 6.07) is 0. The van der Waals surface area contributed by atoms with Gasteiger partial charge in [-0.3, -0.25) is 0 Å². The van der Waals surface area contributed by atoms with E-state index in [4.69, 9.17) is 5.21 Å². The fourth-order valence-electron chi connectivity index (χ4n) is 3.05. The maximum Gasteiger partial charge on any atom is 0.0801 e. The van der Waals surface area contributed by atoms with E-state index < -0.39 is 0 Å². The summed E-state index contributed by atoms with van der Waals surface area (Å²) in [5, 5.41) is 12.3. The van der Waals surface area contributed by atoms with E-state index in [1.54, 1.807) is 0 Å². The van der Waals surface area contributed by atoms with Crippen LogP contribution in [0.2, 0.25) is 0 Å². The molecule has 1 fully saturated rings. The maximum absolute atomic E-state index is 8.90. The van der Waals surface area contributed by atoms with Crippen molar-refractivity contribution in [2.24, 2.45) is 21.9 Å². The average Bonchev–Trinajstić information content (AvgIpc) is 2.59. The predicted molar refractivity (Wildman–Crippen MR) is 62.2 cm³/mol. The Hall–Kier alpha value is -0.790. The summed E-state index contributed by atoms with van der Waals surface area (Å²) in [5.41, 5.74) is 2.99. The van der Waals surface area contributed by atoms with Gasteiger partial charge >= 0.3 is 0 Å². The second-order valence-electron chi connectivity index (χ2n) is 6.32. The monoisotopic (exact) mass is 207 g/mol. The molecule has 0 amide bonds. The van der Waals surface area contributed by atoms with E-state index in [0.29, 0.717) is 11.3 Å². The van der Waals surface area contributed by atoms with Gasteiger partial charge in [0.1, 0.15) is 0 Å². The number of oxime groups is 1. The van der Waals surface area contributed by atoms with Crippen molar-refractivity contribution in [3.05, 3.63) is 11.6 Å². The van der Waals surface area contributed by atoms with Crippen LogP contribution in [-0.4, -0.2) is 10.9 Å². The summed E-state index contributed by atoms with van der Waals surface area (Å²) in [6.07, 6.45) is 5.54. The average molecular weight is 207 g/mol. The molecule has 1 N–H and O–H groups in total. The van der Waals surface area contributed by atoms with E-state index in [2.05, 4.69) is 38.9 Å². The lowest BCUT2D eigenvalue weighted by Crippen LogP contribution is -2.36. The van der Waals surface area contributed by atoms with Crippen LogP contribution in [0.5, 0.6) is 0 Å². The summed E-state index contributed by atoms with van der Waals surface area (Å²) in [7, 11) is 0. The number of hydrogen-bond acceptors (Lipinski definition) is 2. The summed E-state index contributed by atoms with van der Waals surface area (Å²) in [4.78, 5) is 0. The second kappa shape index (κ2) is 3.10. The highest BCUT2D eigenvalue weighted by Crippen LogP contribution is 2.55. The Morgan fingerprint density at radius 3 is 2.47 bits per heavy atom. The molecule has 1 saturated carbocycles. The van der Waals surface area contributed by atoms with E-state index >= 15 is 0 Å². The molecule has 2 rings (SSSR count). The Morgan fingerprint density at radius 1 is 1.27 bits per heavy atom. The van der Waals surface area contributed by atoms with E-state index in [-0.39, 0.29) is 5.41 Å². The van der Waals surface area contributed by atoms with E-state index in [1.165, 1.54) is 18.4 Å². The van der Waals surface area contributed by atoms with Crippen molar-refractivity contribution < 1.29 is 5.21 Å². The minimum absolute atomic E-state index is 0.284. The third kappa shape index (κ3) is 1.60. The van der Waals surface area contributed by atoms with Crippen LogP contribution in [0, 0.1) is 16.7 Å². The number of rotatable bonds is 0. The molecule has 0 heterocycles. The molecule has 1 unspecified atom stereocenters. The van der Waals surface area contributed by atoms with Crippen LogP contribution in [-0.2, 0) is 0 Å². The van der Waals surface area contributed by atoms with Crippen molar-refractivity contribution in [2.75, 3.05) is 0 Å². The van der Waals surface area contributed by atoms with Gasteiger partial charge in [-0.1, -0.05) is 38.4 Å². The largest absolute Gasteiger partial charge is 0.411 e. The molecule has 0 aromatic heterocycles. The quantitative estimate of drug-likeness (QED) is 0.477. The van der Waals surface area contributed by atoms with Gasteiger partial charge in [-0.25, -0.2) is 0 Å². The number of hydrogen-bond donors (Lipinski definition) is 1. The SMILES string of the molecule is CC1(C)CCC(C)(C)C2C/C(=N/O)C=C21. The first-order valence-electron chi connectivity index (χ1n) is 5.80.